The molecule has 1 saturated carbocycles. The molecule has 7 nitrogen and oxygen atoms in total. The molecule has 1 atom stereocenters. The highest BCUT2D eigenvalue weighted by Gasteiger charge is 2.31. The zero-order valence-electron chi connectivity index (χ0n) is 17.2. The summed E-state index contributed by atoms with van der Waals surface area (Å²) < 4.78 is 10.8. The Labute approximate surface area is 173 Å². The fraction of sp³-hybridized carbons (Fsp3) is 0.524. The summed E-state index contributed by atoms with van der Waals surface area (Å²) in [6.45, 7) is 5.85. The Balaban J connectivity index is 2.01. The monoisotopic (exact) mass is 416 g/mol. The van der Waals surface area contributed by atoms with E-state index in [-0.39, 0.29) is 22.4 Å². The summed E-state index contributed by atoms with van der Waals surface area (Å²) in [7, 11) is 1.65. The fourth-order valence-electron chi connectivity index (χ4n) is 4.00. The number of nitrogens with one attached hydrogen (secondary N) is 1. The second-order valence-electron chi connectivity index (χ2n) is 7.91. The molecule has 1 fully saturated rings. The van der Waals surface area contributed by atoms with Crippen molar-refractivity contribution in [3.63, 3.8) is 0 Å². The number of H-pyrrole nitrogens is 1. The molecule has 29 heavy (non-hydrogen) atoms. The predicted molar refractivity (Wildman–Crippen MR) is 120 cm³/mol. The quantitative estimate of drug-likeness (QED) is 0.588. The van der Waals surface area contributed by atoms with E-state index in [4.69, 9.17) is 10.5 Å². The van der Waals surface area contributed by atoms with Crippen LogP contribution >= 0.6 is 11.5 Å². The van der Waals surface area contributed by atoms with Crippen molar-refractivity contribution >= 4 is 38.3 Å². The summed E-state index contributed by atoms with van der Waals surface area (Å²) in [6, 6.07) is 4.20. The minimum Gasteiger partial charge on any atom is -0.492 e. The summed E-state index contributed by atoms with van der Waals surface area (Å²) >= 11 is 1.24. The average molecular weight is 417 g/mol. The lowest BCUT2D eigenvalue weighted by atomic mass is 10.1. The van der Waals surface area contributed by atoms with Crippen molar-refractivity contribution in [2.75, 3.05) is 25.1 Å². The first-order valence-corrected chi connectivity index (χ1v) is 11.1. The topological polar surface area (TPSA) is 93.4 Å². The highest BCUT2D eigenvalue weighted by Crippen LogP contribution is 2.44. The van der Waals surface area contributed by atoms with Crippen LogP contribution in [0.1, 0.15) is 45.6 Å². The summed E-state index contributed by atoms with van der Waals surface area (Å²) in [5.74, 6) is 0.701. The van der Waals surface area contributed by atoms with Gasteiger partial charge in [-0.05, 0) is 56.3 Å². The van der Waals surface area contributed by atoms with E-state index >= 15 is 0 Å². The van der Waals surface area contributed by atoms with Gasteiger partial charge in [0.25, 0.3) is 5.56 Å². The van der Waals surface area contributed by atoms with Gasteiger partial charge in [0.15, 0.2) is 5.75 Å². The highest BCUT2D eigenvalue weighted by atomic mass is 32.1. The average Bonchev–Trinajstić information content (AvgIpc) is 3.46. The molecule has 1 aliphatic carbocycles. The first kappa shape index (κ1) is 20.0. The maximum atomic E-state index is 13.1. The van der Waals surface area contributed by atoms with Crippen LogP contribution in [0, 0.1) is 0 Å². The number of benzene rings is 1. The Kier molecular flexibility index (Phi) is 5.40. The van der Waals surface area contributed by atoms with Crippen LogP contribution in [-0.2, 0) is 0 Å². The third kappa shape index (κ3) is 3.44. The van der Waals surface area contributed by atoms with Crippen molar-refractivity contribution in [1.29, 1.82) is 0 Å². The Morgan fingerprint density at radius 2 is 2.10 bits per heavy atom. The largest absolute Gasteiger partial charge is 0.492 e. The van der Waals surface area contributed by atoms with Crippen molar-refractivity contribution in [2.45, 2.75) is 51.6 Å². The smallest absolute Gasteiger partial charge is 0.271 e. The zero-order chi connectivity index (χ0) is 20.7. The zero-order valence-corrected chi connectivity index (χ0v) is 18.0. The maximum absolute atomic E-state index is 13.1. The minimum atomic E-state index is -0.307. The number of anilines is 1. The molecule has 3 N–H and O–H groups in total. The molecule has 0 amide bonds. The van der Waals surface area contributed by atoms with Crippen LogP contribution in [0.15, 0.2) is 21.7 Å². The van der Waals surface area contributed by atoms with Crippen LogP contribution in [0.4, 0.5) is 5.69 Å². The van der Waals surface area contributed by atoms with E-state index in [1.165, 1.54) is 11.5 Å². The van der Waals surface area contributed by atoms with Crippen LogP contribution in [0.5, 0.6) is 5.75 Å². The van der Waals surface area contributed by atoms with Gasteiger partial charge in [0, 0.05) is 25.2 Å². The van der Waals surface area contributed by atoms with E-state index in [1.807, 2.05) is 19.1 Å². The lowest BCUT2D eigenvalue weighted by molar-refractivity contribution is 0.416. The number of nitrogens with zero attached hydrogens (tertiary/aromatic N) is 2. The van der Waals surface area contributed by atoms with Crippen molar-refractivity contribution in [3.05, 3.63) is 32.7 Å². The molecule has 0 saturated heterocycles. The van der Waals surface area contributed by atoms with Gasteiger partial charge < -0.3 is 19.9 Å². The molecule has 8 heteroatoms. The van der Waals surface area contributed by atoms with Gasteiger partial charge in [-0.3, -0.25) is 14.0 Å². The lowest BCUT2D eigenvalue weighted by Crippen LogP contribution is -2.30. The van der Waals surface area contributed by atoms with E-state index in [1.54, 1.807) is 7.11 Å². The molecular formula is C21H28N4O3S. The molecule has 156 valence electrons. The number of methoxy groups -OCH3 is 1. The van der Waals surface area contributed by atoms with Crippen LogP contribution in [0.25, 0.3) is 21.1 Å². The van der Waals surface area contributed by atoms with E-state index in [0.717, 1.165) is 50.0 Å². The number of fused-ring (bicyclic) bond motifs is 2. The molecule has 2 aromatic heterocycles. The van der Waals surface area contributed by atoms with Gasteiger partial charge in [-0.1, -0.05) is 6.92 Å². The van der Waals surface area contributed by atoms with Crippen LogP contribution < -0.4 is 26.4 Å². The molecular weight excluding hydrogens is 388 g/mol. The molecule has 0 bridgehead atoms. The van der Waals surface area contributed by atoms with E-state index in [9.17, 15) is 9.59 Å². The SMILES string of the molecule is CCCN(CCC(C)N)c1ccc2c(=O)c3c(=O)[nH]sc3n(C3CC3)c2c1OC. The number of nitrogens with two attached hydrogens (primary N) is 1. The molecule has 2 heterocycles. The molecule has 1 aliphatic rings. The van der Waals surface area contributed by atoms with Crippen molar-refractivity contribution < 1.29 is 4.74 Å². The van der Waals surface area contributed by atoms with Gasteiger partial charge in [-0.15, -0.1) is 0 Å². The Hall–Kier alpha value is -2.32. The number of ether oxygens (including phenoxy) is 1. The predicted octanol–water partition coefficient (Wildman–Crippen LogP) is 3.20. The normalized spacial score (nSPS) is 15.2. The Bertz CT molecular complexity index is 1160. The second kappa shape index (κ2) is 7.84. The molecule has 0 radical (unpaired) electrons. The molecule has 4 rings (SSSR count). The lowest BCUT2D eigenvalue weighted by Gasteiger charge is -2.28. The first-order valence-electron chi connectivity index (χ1n) is 10.2. The molecule has 0 aliphatic heterocycles. The first-order chi connectivity index (χ1) is 14.0. The van der Waals surface area contributed by atoms with Gasteiger partial charge in [0.1, 0.15) is 10.2 Å². The number of pyridine rings is 1. The van der Waals surface area contributed by atoms with Gasteiger partial charge in [0.05, 0.1) is 23.7 Å². The standard InChI is InChI=1S/C21H28N4O3S/c1-4-10-24(11-9-12(2)22)15-8-7-14-17(19(15)28-3)25(13-5-6-13)21-16(18(14)26)20(27)23-29-21/h7-8,12-13H,4-6,9-11,22H2,1-3H3,(H,23,27). The van der Waals surface area contributed by atoms with E-state index in [2.05, 4.69) is 20.8 Å². The van der Waals surface area contributed by atoms with Crippen LogP contribution in [0.3, 0.4) is 0 Å². The van der Waals surface area contributed by atoms with E-state index in [0.29, 0.717) is 22.0 Å². The molecule has 1 unspecified atom stereocenters. The van der Waals surface area contributed by atoms with Gasteiger partial charge in [-0.2, -0.15) is 0 Å². The minimum absolute atomic E-state index is 0.113. The highest BCUT2D eigenvalue weighted by molar-refractivity contribution is 7.12. The van der Waals surface area contributed by atoms with Gasteiger partial charge >= 0.3 is 0 Å². The number of hydrogen-bond acceptors (Lipinski definition) is 6. The van der Waals surface area contributed by atoms with Crippen LogP contribution in [0.2, 0.25) is 0 Å². The molecule has 0 spiro atoms. The number of hydrogen-bond donors (Lipinski definition) is 2. The maximum Gasteiger partial charge on any atom is 0.271 e. The summed E-state index contributed by atoms with van der Waals surface area (Å²) in [6.07, 6.45) is 3.94. The third-order valence-corrected chi connectivity index (χ3v) is 6.41. The summed E-state index contributed by atoms with van der Waals surface area (Å²) in [4.78, 5) is 28.4. The Morgan fingerprint density at radius 3 is 2.72 bits per heavy atom. The number of rotatable bonds is 8. The number of aromatic nitrogens is 2. The van der Waals surface area contributed by atoms with Crippen molar-refractivity contribution in [3.8, 4) is 5.75 Å². The van der Waals surface area contributed by atoms with Gasteiger partial charge in [0.2, 0.25) is 5.43 Å². The Morgan fingerprint density at radius 1 is 1.34 bits per heavy atom. The van der Waals surface area contributed by atoms with Crippen molar-refractivity contribution in [1.82, 2.24) is 8.94 Å². The number of aromatic amines is 1. The van der Waals surface area contributed by atoms with E-state index < -0.39 is 0 Å². The van der Waals surface area contributed by atoms with Gasteiger partial charge in [-0.25, -0.2) is 0 Å². The fourth-order valence-corrected chi connectivity index (χ4v) is 4.91. The molecule has 1 aromatic carbocycles. The second-order valence-corrected chi connectivity index (χ2v) is 8.71. The van der Waals surface area contributed by atoms with Crippen molar-refractivity contribution in [2.24, 2.45) is 5.73 Å². The summed E-state index contributed by atoms with van der Waals surface area (Å²) in [5.41, 5.74) is 7.23. The van der Waals surface area contributed by atoms with Crippen LogP contribution in [-0.4, -0.2) is 35.2 Å². The third-order valence-electron chi connectivity index (χ3n) is 5.53. The summed E-state index contributed by atoms with van der Waals surface area (Å²) in [5, 5.41) is 0.795. The molecule has 3 aromatic rings.